The molecule has 3 rings (SSSR count). The van der Waals surface area contributed by atoms with Crippen molar-refractivity contribution in [2.45, 2.75) is 25.7 Å². The summed E-state index contributed by atoms with van der Waals surface area (Å²) < 4.78 is 6.03. The molecule has 0 aliphatic heterocycles. The quantitative estimate of drug-likeness (QED) is 0.929. The molecule has 0 radical (unpaired) electrons. The zero-order chi connectivity index (χ0) is 13.8. The SMILES string of the molecule is NCC1CCCCC1COc1cnnc2ccccc12. The zero-order valence-electron chi connectivity index (χ0n) is 11.7. The number of aromatic nitrogens is 2. The third-order valence-electron chi connectivity index (χ3n) is 4.33. The van der Waals surface area contributed by atoms with Crippen molar-refractivity contribution in [3.8, 4) is 5.75 Å². The van der Waals surface area contributed by atoms with Crippen molar-refractivity contribution in [1.29, 1.82) is 0 Å². The van der Waals surface area contributed by atoms with Gasteiger partial charge in [0.05, 0.1) is 18.3 Å². The Hall–Kier alpha value is -1.68. The maximum atomic E-state index is 6.03. The number of fused-ring (bicyclic) bond motifs is 1. The summed E-state index contributed by atoms with van der Waals surface area (Å²) in [6.45, 7) is 1.50. The highest BCUT2D eigenvalue weighted by Gasteiger charge is 2.24. The van der Waals surface area contributed by atoms with Crippen LogP contribution >= 0.6 is 0 Å². The standard InChI is InChI=1S/C16H21N3O/c17-9-12-5-1-2-6-13(12)11-20-16-10-18-19-15-8-4-3-7-14(15)16/h3-4,7-8,10,12-13H,1-2,5-6,9,11,17H2. The zero-order valence-corrected chi connectivity index (χ0v) is 11.7. The fourth-order valence-electron chi connectivity index (χ4n) is 3.11. The van der Waals surface area contributed by atoms with E-state index in [9.17, 15) is 0 Å². The normalized spacial score (nSPS) is 22.9. The van der Waals surface area contributed by atoms with Crippen molar-refractivity contribution in [1.82, 2.24) is 10.2 Å². The molecular weight excluding hydrogens is 250 g/mol. The first-order valence-electron chi connectivity index (χ1n) is 7.42. The highest BCUT2D eigenvalue weighted by Crippen LogP contribution is 2.31. The van der Waals surface area contributed by atoms with Crippen LogP contribution in [-0.2, 0) is 0 Å². The molecule has 1 aliphatic rings. The van der Waals surface area contributed by atoms with Crippen molar-refractivity contribution < 1.29 is 4.74 Å². The Morgan fingerprint density at radius 2 is 1.95 bits per heavy atom. The Morgan fingerprint density at radius 1 is 1.15 bits per heavy atom. The molecule has 2 aromatic rings. The smallest absolute Gasteiger partial charge is 0.148 e. The fraction of sp³-hybridized carbons (Fsp3) is 0.500. The number of hydrogen-bond acceptors (Lipinski definition) is 4. The highest BCUT2D eigenvalue weighted by molar-refractivity contribution is 5.83. The van der Waals surface area contributed by atoms with Crippen molar-refractivity contribution in [3.63, 3.8) is 0 Å². The van der Waals surface area contributed by atoms with E-state index < -0.39 is 0 Å². The second-order valence-corrected chi connectivity index (χ2v) is 5.58. The van der Waals surface area contributed by atoms with Crippen molar-refractivity contribution in [2.24, 2.45) is 17.6 Å². The predicted molar refractivity (Wildman–Crippen MR) is 79.5 cm³/mol. The molecule has 4 nitrogen and oxygen atoms in total. The largest absolute Gasteiger partial charge is 0.491 e. The van der Waals surface area contributed by atoms with E-state index in [1.54, 1.807) is 6.20 Å². The lowest BCUT2D eigenvalue weighted by Gasteiger charge is -2.30. The third kappa shape index (κ3) is 2.75. The van der Waals surface area contributed by atoms with Crippen LogP contribution in [0.5, 0.6) is 5.75 Å². The number of hydrogen-bond donors (Lipinski definition) is 1. The molecule has 0 amide bonds. The van der Waals surface area contributed by atoms with Gasteiger partial charge in [-0.25, -0.2) is 0 Å². The molecule has 2 N–H and O–H groups in total. The van der Waals surface area contributed by atoms with Gasteiger partial charge in [0.15, 0.2) is 0 Å². The minimum atomic E-state index is 0.570. The number of ether oxygens (including phenoxy) is 1. The number of rotatable bonds is 4. The van der Waals surface area contributed by atoms with E-state index >= 15 is 0 Å². The summed E-state index contributed by atoms with van der Waals surface area (Å²) in [5, 5.41) is 9.16. The van der Waals surface area contributed by atoms with Gasteiger partial charge in [-0.2, -0.15) is 10.2 Å². The molecule has 1 aromatic carbocycles. The first-order chi connectivity index (χ1) is 9.88. The first kappa shape index (κ1) is 13.3. The van der Waals surface area contributed by atoms with E-state index in [0.717, 1.165) is 29.8 Å². The average Bonchev–Trinajstić information content (AvgIpc) is 2.53. The summed E-state index contributed by atoms with van der Waals surface area (Å²) in [6.07, 6.45) is 6.76. The maximum absolute atomic E-state index is 6.03. The summed E-state index contributed by atoms with van der Waals surface area (Å²) in [5.74, 6) is 2.00. The minimum absolute atomic E-state index is 0.570. The average molecular weight is 271 g/mol. The maximum Gasteiger partial charge on any atom is 0.148 e. The Balaban J connectivity index is 1.73. The van der Waals surface area contributed by atoms with Crippen LogP contribution in [-0.4, -0.2) is 23.3 Å². The molecule has 1 aromatic heterocycles. The Morgan fingerprint density at radius 3 is 2.80 bits per heavy atom. The lowest BCUT2D eigenvalue weighted by molar-refractivity contribution is 0.154. The van der Waals surface area contributed by atoms with E-state index in [2.05, 4.69) is 10.2 Å². The van der Waals surface area contributed by atoms with Gasteiger partial charge < -0.3 is 10.5 Å². The van der Waals surface area contributed by atoms with E-state index in [1.807, 2.05) is 24.3 Å². The molecule has 0 saturated heterocycles. The lowest BCUT2D eigenvalue weighted by Crippen LogP contribution is -2.30. The Kier molecular flexibility index (Phi) is 4.11. The molecule has 2 atom stereocenters. The Labute approximate surface area is 119 Å². The van der Waals surface area contributed by atoms with Crippen LogP contribution < -0.4 is 10.5 Å². The van der Waals surface area contributed by atoms with Gasteiger partial charge in [-0.3, -0.25) is 0 Å². The molecule has 20 heavy (non-hydrogen) atoms. The highest BCUT2D eigenvalue weighted by atomic mass is 16.5. The van der Waals surface area contributed by atoms with Crippen LogP contribution in [0.25, 0.3) is 10.9 Å². The van der Waals surface area contributed by atoms with Gasteiger partial charge in [0, 0.05) is 5.39 Å². The van der Waals surface area contributed by atoms with E-state index in [1.165, 1.54) is 25.7 Å². The third-order valence-corrected chi connectivity index (χ3v) is 4.33. The van der Waals surface area contributed by atoms with Crippen LogP contribution in [0, 0.1) is 11.8 Å². The van der Waals surface area contributed by atoms with Crippen LogP contribution in [0.1, 0.15) is 25.7 Å². The molecule has 2 unspecified atom stereocenters. The van der Waals surface area contributed by atoms with Crippen LogP contribution in [0.2, 0.25) is 0 Å². The molecule has 0 bridgehead atoms. The van der Waals surface area contributed by atoms with Gasteiger partial charge in [-0.15, -0.1) is 0 Å². The topological polar surface area (TPSA) is 61.0 Å². The van der Waals surface area contributed by atoms with Crippen molar-refractivity contribution in [3.05, 3.63) is 30.5 Å². The van der Waals surface area contributed by atoms with Gasteiger partial charge in [0.25, 0.3) is 0 Å². The van der Waals surface area contributed by atoms with Crippen LogP contribution in [0.3, 0.4) is 0 Å². The number of benzene rings is 1. The van der Waals surface area contributed by atoms with Gasteiger partial charge in [0.2, 0.25) is 0 Å². The van der Waals surface area contributed by atoms with E-state index in [4.69, 9.17) is 10.5 Å². The molecule has 1 heterocycles. The monoisotopic (exact) mass is 271 g/mol. The molecular formula is C16H21N3O. The second-order valence-electron chi connectivity index (χ2n) is 5.58. The summed E-state index contributed by atoms with van der Waals surface area (Å²) in [4.78, 5) is 0. The summed E-state index contributed by atoms with van der Waals surface area (Å²) in [6, 6.07) is 7.95. The second kappa shape index (κ2) is 6.18. The number of nitrogens with zero attached hydrogens (tertiary/aromatic N) is 2. The van der Waals surface area contributed by atoms with Gasteiger partial charge in [-0.1, -0.05) is 25.0 Å². The fourth-order valence-corrected chi connectivity index (χ4v) is 3.11. The molecule has 106 valence electrons. The Bertz CT molecular complexity index is 567. The first-order valence-corrected chi connectivity index (χ1v) is 7.42. The summed E-state index contributed by atoms with van der Waals surface area (Å²) in [5.41, 5.74) is 6.75. The summed E-state index contributed by atoms with van der Waals surface area (Å²) >= 11 is 0. The lowest BCUT2D eigenvalue weighted by atomic mass is 9.80. The molecule has 1 fully saturated rings. The van der Waals surface area contributed by atoms with Crippen molar-refractivity contribution >= 4 is 10.9 Å². The van der Waals surface area contributed by atoms with E-state index in [-0.39, 0.29) is 0 Å². The molecule has 1 saturated carbocycles. The number of nitrogens with two attached hydrogens (primary N) is 1. The molecule has 1 aliphatic carbocycles. The summed E-state index contributed by atoms with van der Waals surface area (Å²) in [7, 11) is 0. The van der Waals surface area contributed by atoms with Crippen molar-refractivity contribution in [2.75, 3.05) is 13.2 Å². The van der Waals surface area contributed by atoms with Crippen LogP contribution in [0.15, 0.2) is 30.5 Å². The minimum Gasteiger partial charge on any atom is -0.491 e. The molecule has 4 heteroatoms. The van der Waals surface area contributed by atoms with E-state index in [0.29, 0.717) is 11.8 Å². The van der Waals surface area contributed by atoms with Crippen LogP contribution in [0.4, 0.5) is 0 Å². The van der Waals surface area contributed by atoms with Gasteiger partial charge >= 0.3 is 0 Å². The van der Waals surface area contributed by atoms with Gasteiger partial charge in [0.1, 0.15) is 5.75 Å². The predicted octanol–water partition coefficient (Wildman–Crippen LogP) is 2.77. The molecule has 0 spiro atoms. The van der Waals surface area contributed by atoms with Gasteiger partial charge in [-0.05, 0) is 43.4 Å².